The van der Waals surface area contributed by atoms with E-state index < -0.39 is 38.4 Å². The fourth-order valence-electron chi connectivity index (χ4n) is 2.65. The van der Waals surface area contributed by atoms with E-state index in [1.807, 2.05) is 0 Å². The van der Waals surface area contributed by atoms with Crippen LogP contribution in [0.1, 0.15) is 11.5 Å². The molecule has 3 rings (SSSR count). The monoisotopic (exact) mass is 338 g/mol. The fraction of sp³-hybridized carbons (Fsp3) is 0.133. The minimum absolute atomic E-state index is 0.214. The number of rotatable bonds is 3. The Bertz CT molecular complexity index is 899. The molecular formula is C15H12F2N2O3S. The Labute approximate surface area is 131 Å². The molecule has 0 fully saturated rings. The van der Waals surface area contributed by atoms with Crippen LogP contribution in [0.2, 0.25) is 0 Å². The lowest BCUT2D eigenvalue weighted by molar-refractivity contribution is -0.119. The highest BCUT2D eigenvalue weighted by molar-refractivity contribution is 7.92. The second kappa shape index (κ2) is 5.31. The molecule has 1 aliphatic rings. The number of para-hydroxylation sites is 1. The van der Waals surface area contributed by atoms with Gasteiger partial charge in [0.2, 0.25) is 5.91 Å². The standard InChI is InChI=1S/C15H12F2N2O3S/c16-9-5-6-14(12(17)7-9)23(21,22)19-8-11(15(18)20)10-3-1-2-4-13(10)19/h1-7,11H,8H2,(H2,18,20)/t11-/m1/s1. The van der Waals surface area contributed by atoms with Crippen LogP contribution in [0.15, 0.2) is 47.4 Å². The molecule has 2 aromatic rings. The summed E-state index contributed by atoms with van der Waals surface area (Å²) in [5.41, 5.74) is 6.05. The van der Waals surface area contributed by atoms with Crippen molar-refractivity contribution in [3.05, 3.63) is 59.7 Å². The molecule has 0 bridgehead atoms. The number of hydrogen-bond acceptors (Lipinski definition) is 3. The Morgan fingerprint density at radius 1 is 1.17 bits per heavy atom. The van der Waals surface area contributed by atoms with Crippen molar-refractivity contribution in [2.24, 2.45) is 5.73 Å². The van der Waals surface area contributed by atoms with E-state index in [0.717, 1.165) is 16.4 Å². The van der Waals surface area contributed by atoms with Gasteiger partial charge in [-0.25, -0.2) is 17.2 Å². The Balaban J connectivity index is 2.13. The summed E-state index contributed by atoms with van der Waals surface area (Å²) in [5, 5.41) is 0. The maximum absolute atomic E-state index is 13.9. The van der Waals surface area contributed by atoms with Crippen LogP contribution in [0, 0.1) is 11.6 Å². The molecule has 23 heavy (non-hydrogen) atoms. The quantitative estimate of drug-likeness (QED) is 0.926. The molecule has 0 aromatic heterocycles. The highest BCUT2D eigenvalue weighted by atomic mass is 32.2. The molecular weight excluding hydrogens is 326 g/mol. The molecule has 1 aliphatic heterocycles. The molecule has 2 N–H and O–H groups in total. The molecule has 0 saturated carbocycles. The van der Waals surface area contributed by atoms with Crippen LogP contribution < -0.4 is 10.0 Å². The van der Waals surface area contributed by atoms with E-state index in [0.29, 0.717) is 11.6 Å². The van der Waals surface area contributed by atoms with Crippen LogP contribution in [0.3, 0.4) is 0 Å². The topological polar surface area (TPSA) is 80.5 Å². The fourth-order valence-corrected chi connectivity index (χ4v) is 4.20. The van der Waals surface area contributed by atoms with E-state index in [1.165, 1.54) is 6.07 Å². The molecule has 120 valence electrons. The summed E-state index contributed by atoms with van der Waals surface area (Å²) in [4.78, 5) is 10.9. The number of carbonyl (C=O) groups is 1. The zero-order valence-corrected chi connectivity index (χ0v) is 12.6. The van der Waals surface area contributed by atoms with Gasteiger partial charge in [-0.3, -0.25) is 9.10 Å². The first kappa shape index (κ1) is 15.4. The number of hydrogen-bond donors (Lipinski definition) is 1. The maximum Gasteiger partial charge on any atom is 0.267 e. The molecule has 1 heterocycles. The molecule has 8 heteroatoms. The highest BCUT2D eigenvalue weighted by Gasteiger charge is 2.39. The smallest absolute Gasteiger partial charge is 0.267 e. The number of primary amides is 1. The Morgan fingerprint density at radius 2 is 1.87 bits per heavy atom. The second-order valence-corrected chi connectivity index (χ2v) is 6.96. The lowest BCUT2D eigenvalue weighted by Crippen LogP contribution is -2.33. The van der Waals surface area contributed by atoms with E-state index in [9.17, 15) is 22.0 Å². The summed E-state index contributed by atoms with van der Waals surface area (Å²) >= 11 is 0. The number of anilines is 1. The highest BCUT2D eigenvalue weighted by Crippen LogP contribution is 2.39. The first-order valence-electron chi connectivity index (χ1n) is 6.68. The SMILES string of the molecule is NC(=O)[C@@H]1CN(S(=O)(=O)c2ccc(F)cc2F)c2ccccc21. The normalized spacial score (nSPS) is 17.1. The van der Waals surface area contributed by atoms with Gasteiger partial charge in [0, 0.05) is 6.07 Å². The van der Waals surface area contributed by atoms with Gasteiger partial charge in [-0.05, 0) is 23.8 Å². The molecule has 0 unspecified atom stereocenters. The largest absolute Gasteiger partial charge is 0.369 e. The van der Waals surface area contributed by atoms with E-state index in [1.54, 1.807) is 18.2 Å². The van der Waals surface area contributed by atoms with Crippen molar-refractivity contribution in [3.63, 3.8) is 0 Å². The minimum Gasteiger partial charge on any atom is -0.369 e. The third-order valence-corrected chi connectivity index (χ3v) is 5.55. The first-order chi connectivity index (χ1) is 10.8. The Morgan fingerprint density at radius 3 is 2.52 bits per heavy atom. The number of halogens is 2. The average molecular weight is 338 g/mol. The molecule has 1 atom stereocenters. The van der Waals surface area contributed by atoms with Crippen LogP contribution in [-0.2, 0) is 14.8 Å². The third kappa shape index (κ3) is 2.44. The van der Waals surface area contributed by atoms with Gasteiger partial charge in [-0.15, -0.1) is 0 Å². The summed E-state index contributed by atoms with van der Waals surface area (Å²) in [5.74, 6) is -3.55. The summed E-state index contributed by atoms with van der Waals surface area (Å²) in [6.45, 7) is -0.214. The van der Waals surface area contributed by atoms with Gasteiger partial charge in [0.15, 0.2) is 0 Å². The van der Waals surface area contributed by atoms with Crippen molar-refractivity contribution >= 4 is 21.6 Å². The zero-order valence-electron chi connectivity index (χ0n) is 11.7. The van der Waals surface area contributed by atoms with E-state index in [2.05, 4.69) is 0 Å². The predicted octanol–water partition coefficient (Wildman–Crippen LogP) is 1.74. The van der Waals surface area contributed by atoms with Gasteiger partial charge in [-0.2, -0.15) is 0 Å². The van der Waals surface area contributed by atoms with Crippen LogP contribution in [0.25, 0.3) is 0 Å². The van der Waals surface area contributed by atoms with Crippen LogP contribution in [0.4, 0.5) is 14.5 Å². The lowest BCUT2D eigenvalue weighted by atomic mass is 10.0. The summed E-state index contributed by atoms with van der Waals surface area (Å²) in [6.07, 6.45) is 0. The number of benzene rings is 2. The van der Waals surface area contributed by atoms with Crippen molar-refractivity contribution in [1.82, 2.24) is 0 Å². The average Bonchev–Trinajstić information content (AvgIpc) is 2.87. The molecule has 1 amide bonds. The number of amides is 1. The van der Waals surface area contributed by atoms with E-state index in [4.69, 9.17) is 5.73 Å². The molecule has 0 aliphatic carbocycles. The van der Waals surface area contributed by atoms with Crippen molar-refractivity contribution in [3.8, 4) is 0 Å². The number of sulfonamides is 1. The Hall–Kier alpha value is -2.48. The molecule has 5 nitrogen and oxygen atoms in total. The second-order valence-electron chi connectivity index (χ2n) is 5.12. The maximum atomic E-state index is 13.9. The first-order valence-corrected chi connectivity index (χ1v) is 8.12. The summed E-state index contributed by atoms with van der Waals surface area (Å²) < 4.78 is 53.2. The molecule has 0 spiro atoms. The van der Waals surface area contributed by atoms with Gasteiger partial charge >= 0.3 is 0 Å². The summed E-state index contributed by atoms with van der Waals surface area (Å²) in [6, 6.07) is 8.60. The van der Waals surface area contributed by atoms with Crippen LogP contribution >= 0.6 is 0 Å². The molecule has 0 saturated heterocycles. The van der Waals surface area contributed by atoms with E-state index in [-0.39, 0.29) is 12.2 Å². The number of nitrogens with two attached hydrogens (primary N) is 1. The van der Waals surface area contributed by atoms with Gasteiger partial charge in [0.05, 0.1) is 18.2 Å². The molecule has 0 radical (unpaired) electrons. The lowest BCUT2D eigenvalue weighted by Gasteiger charge is -2.20. The van der Waals surface area contributed by atoms with Crippen LogP contribution in [0.5, 0.6) is 0 Å². The zero-order chi connectivity index (χ0) is 16.8. The van der Waals surface area contributed by atoms with Crippen molar-refractivity contribution in [2.45, 2.75) is 10.8 Å². The Kier molecular flexibility index (Phi) is 3.56. The van der Waals surface area contributed by atoms with Gasteiger partial charge < -0.3 is 5.73 Å². The van der Waals surface area contributed by atoms with Crippen molar-refractivity contribution in [2.75, 3.05) is 10.8 Å². The minimum atomic E-state index is -4.28. The third-order valence-electron chi connectivity index (χ3n) is 3.73. The number of carbonyl (C=O) groups excluding carboxylic acids is 1. The van der Waals surface area contributed by atoms with Crippen molar-refractivity contribution < 1.29 is 22.0 Å². The van der Waals surface area contributed by atoms with Gasteiger partial charge in [0.25, 0.3) is 10.0 Å². The van der Waals surface area contributed by atoms with Crippen molar-refractivity contribution in [1.29, 1.82) is 0 Å². The van der Waals surface area contributed by atoms with Crippen LogP contribution in [-0.4, -0.2) is 20.9 Å². The molecule has 2 aromatic carbocycles. The van der Waals surface area contributed by atoms with E-state index >= 15 is 0 Å². The number of fused-ring (bicyclic) bond motifs is 1. The summed E-state index contributed by atoms with van der Waals surface area (Å²) in [7, 11) is -4.28. The van der Waals surface area contributed by atoms with Gasteiger partial charge in [-0.1, -0.05) is 18.2 Å². The predicted molar refractivity (Wildman–Crippen MR) is 79.3 cm³/mol. The number of nitrogens with zero attached hydrogens (tertiary/aromatic N) is 1. The van der Waals surface area contributed by atoms with Gasteiger partial charge in [0.1, 0.15) is 16.5 Å².